The molecule has 0 unspecified atom stereocenters. The molecule has 3 aliphatic heterocycles. The van der Waals surface area contributed by atoms with E-state index in [0.29, 0.717) is 6.79 Å². The maximum atomic E-state index is 5.83. The van der Waals surface area contributed by atoms with E-state index in [1.165, 1.54) is 16.7 Å². The first-order valence-electron chi connectivity index (χ1n) is 9.27. The van der Waals surface area contributed by atoms with Crippen molar-refractivity contribution < 1.29 is 28.2 Å². The molecule has 6 heteroatoms. The van der Waals surface area contributed by atoms with Gasteiger partial charge in [-0.05, 0) is 29.3 Å². The number of hydrogen-bond acceptors (Lipinski definition) is 5. The van der Waals surface area contributed by atoms with Gasteiger partial charge >= 0.3 is 0 Å². The van der Waals surface area contributed by atoms with E-state index in [2.05, 4.69) is 32.3 Å². The fourth-order valence-electron chi connectivity index (χ4n) is 4.41. The molecule has 3 aliphatic rings. The van der Waals surface area contributed by atoms with Crippen molar-refractivity contribution in [3.8, 4) is 28.7 Å². The topological polar surface area (TPSA) is 46.2 Å². The van der Waals surface area contributed by atoms with E-state index < -0.39 is 0 Å². The summed E-state index contributed by atoms with van der Waals surface area (Å²) < 4.78 is 29.1. The molecule has 0 bridgehead atoms. The first-order valence-corrected chi connectivity index (χ1v) is 9.27. The quantitative estimate of drug-likeness (QED) is 0.777. The summed E-state index contributed by atoms with van der Waals surface area (Å²) in [6.45, 7) is 1.61. The lowest BCUT2D eigenvalue weighted by Gasteiger charge is -2.43. The van der Waals surface area contributed by atoms with E-state index in [4.69, 9.17) is 23.7 Å². The molecule has 142 valence electrons. The molecule has 2 aromatic rings. The van der Waals surface area contributed by atoms with Crippen LogP contribution in [0.3, 0.4) is 0 Å². The maximum absolute atomic E-state index is 5.83. The summed E-state index contributed by atoms with van der Waals surface area (Å²) in [5, 5.41) is 0. The zero-order valence-electron chi connectivity index (χ0n) is 15.9. The van der Waals surface area contributed by atoms with Gasteiger partial charge in [-0.3, -0.25) is 0 Å². The van der Waals surface area contributed by atoms with E-state index in [0.717, 1.165) is 52.6 Å². The van der Waals surface area contributed by atoms with Crippen LogP contribution in [0, 0.1) is 0 Å². The molecule has 5 rings (SSSR count). The Morgan fingerprint density at radius 2 is 1.78 bits per heavy atom. The van der Waals surface area contributed by atoms with E-state index in [1.54, 1.807) is 7.11 Å². The van der Waals surface area contributed by atoms with Crippen molar-refractivity contribution in [3.05, 3.63) is 41.0 Å². The van der Waals surface area contributed by atoms with Gasteiger partial charge in [-0.2, -0.15) is 0 Å². The van der Waals surface area contributed by atoms with Crippen molar-refractivity contribution in [2.75, 3.05) is 41.3 Å². The highest BCUT2D eigenvalue weighted by Gasteiger charge is 2.41. The van der Waals surface area contributed by atoms with Gasteiger partial charge in [-0.25, -0.2) is 0 Å². The van der Waals surface area contributed by atoms with Crippen LogP contribution in [-0.4, -0.2) is 45.8 Å². The molecule has 0 radical (unpaired) electrons. The number of quaternary nitrogens is 1. The minimum atomic E-state index is 0.249. The Bertz CT molecular complexity index is 908. The normalized spacial score (nSPS) is 21.1. The summed E-state index contributed by atoms with van der Waals surface area (Å²) in [6, 6.07) is 8.60. The zero-order chi connectivity index (χ0) is 18.6. The van der Waals surface area contributed by atoms with Crippen LogP contribution in [0.15, 0.2) is 24.3 Å². The lowest BCUT2D eigenvalue weighted by molar-refractivity contribution is -0.923. The third-order valence-corrected chi connectivity index (χ3v) is 5.95. The van der Waals surface area contributed by atoms with Crippen LogP contribution in [0.1, 0.15) is 22.7 Å². The highest BCUT2D eigenvalue weighted by atomic mass is 16.7. The Balaban J connectivity index is 1.59. The Hall–Kier alpha value is -2.60. The second-order valence-corrected chi connectivity index (χ2v) is 7.88. The molecule has 0 fully saturated rings. The standard InChI is InChI=1S/C21H24NO5/c1-22(2)7-6-14-10-18-20(27-12-26-18)21(23-3)19(14)15(22)8-13-4-5-16-17(9-13)25-11-24-16/h4-5,9-10,15H,6-8,11-12H2,1-3H3/q+1/t15-/m1/s1. The van der Waals surface area contributed by atoms with Crippen molar-refractivity contribution in [2.24, 2.45) is 0 Å². The Kier molecular flexibility index (Phi) is 3.65. The number of ether oxygens (including phenoxy) is 5. The molecule has 0 saturated carbocycles. The predicted molar refractivity (Wildman–Crippen MR) is 98.8 cm³/mol. The average molecular weight is 370 g/mol. The molecular weight excluding hydrogens is 346 g/mol. The number of benzene rings is 2. The first kappa shape index (κ1) is 16.6. The smallest absolute Gasteiger partial charge is 0.231 e. The fourth-order valence-corrected chi connectivity index (χ4v) is 4.41. The molecule has 0 aromatic heterocycles. The van der Waals surface area contributed by atoms with Crippen LogP contribution < -0.4 is 23.7 Å². The summed E-state index contributed by atoms with van der Waals surface area (Å²) >= 11 is 0. The lowest BCUT2D eigenvalue weighted by Crippen LogP contribution is -2.48. The number of likely N-dealkylation sites (N-methyl/N-ethyl adjacent to an activating group) is 1. The predicted octanol–water partition coefficient (Wildman–Crippen LogP) is 3.07. The first-order chi connectivity index (χ1) is 13.1. The largest absolute Gasteiger partial charge is 0.492 e. The summed E-state index contributed by atoms with van der Waals surface area (Å²) in [4.78, 5) is 0. The van der Waals surface area contributed by atoms with Crippen LogP contribution in [0.2, 0.25) is 0 Å². The fraction of sp³-hybridized carbons (Fsp3) is 0.429. The number of hydrogen-bond donors (Lipinski definition) is 0. The van der Waals surface area contributed by atoms with Crippen LogP contribution >= 0.6 is 0 Å². The molecule has 0 amide bonds. The van der Waals surface area contributed by atoms with E-state index in [-0.39, 0.29) is 12.8 Å². The monoisotopic (exact) mass is 370 g/mol. The summed E-state index contributed by atoms with van der Waals surface area (Å²) in [5.74, 6) is 3.98. The number of rotatable bonds is 3. The molecule has 3 heterocycles. The third-order valence-electron chi connectivity index (χ3n) is 5.95. The van der Waals surface area contributed by atoms with Crippen LogP contribution in [0.4, 0.5) is 0 Å². The maximum Gasteiger partial charge on any atom is 0.231 e. The summed E-state index contributed by atoms with van der Waals surface area (Å²) in [7, 11) is 6.28. The van der Waals surface area contributed by atoms with Crippen molar-refractivity contribution in [1.82, 2.24) is 0 Å². The Morgan fingerprint density at radius 3 is 2.63 bits per heavy atom. The highest BCUT2D eigenvalue weighted by molar-refractivity contribution is 5.61. The Labute approximate surface area is 158 Å². The van der Waals surface area contributed by atoms with E-state index in [1.807, 2.05) is 6.07 Å². The van der Waals surface area contributed by atoms with Gasteiger partial charge < -0.3 is 28.2 Å². The van der Waals surface area contributed by atoms with Crippen molar-refractivity contribution in [2.45, 2.75) is 18.9 Å². The van der Waals surface area contributed by atoms with E-state index >= 15 is 0 Å². The third kappa shape index (κ3) is 2.58. The number of fused-ring (bicyclic) bond motifs is 3. The van der Waals surface area contributed by atoms with Crippen LogP contribution in [-0.2, 0) is 12.8 Å². The van der Waals surface area contributed by atoms with Crippen molar-refractivity contribution >= 4 is 0 Å². The molecule has 0 spiro atoms. The zero-order valence-corrected chi connectivity index (χ0v) is 15.9. The molecule has 0 N–H and O–H groups in total. The summed E-state index contributed by atoms with van der Waals surface area (Å²) in [6.07, 6.45) is 1.87. The molecule has 0 aliphatic carbocycles. The van der Waals surface area contributed by atoms with E-state index in [9.17, 15) is 0 Å². The molecule has 27 heavy (non-hydrogen) atoms. The minimum Gasteiger partial charge on any atom is -0.492 e. The van der Waals surface area contributed by atoms with Gasteiger partial charge in [0.25, 0.3) is 0 Å². The van der Waals surface area contributed by atoms with Gasteiger partial charge in [-0.1, -0.05) is 6.07 Å². The van der Waals surface area contributed by atoms with Crippen molar-refractivity contribution in [1.29, 1.82) is 0 Å². The van der Waals surface area contributed by atoms with Crippen LogP contribution in [0.25, 0.3) is 0 Å². The van der Waals surface area contributed by atoms with Gasteiger partial charge in [0.05, 0.1) is 33.3 Å². The highest BCUT2D eigenvalue weighted by Crippen LogP contribution is 2.51. The second-order valence-electron chi connectivity index (χ2n) is 7.88. The molecular formula is C21H24NO5+. The van der Waals surface area contributed by atoms with Gasteiger partial charge in [0.15, 0.2) is 23.0 Å². The minimum absolute atomic E-state index is 0.249. The van der Waals surface area contributed by atoms with Gasteiger partial charge in [0, 0.05) is 12.8 Å². The second kappa shape index (κ2) is 5.96. The molecule has 2 aromatic carbocycles. The Morgan fingerprint density at radius 1 is 1.00 bits per heavy atom. The molecule has 0 saturated heterocycles. The number of methoxy groups -OCH3 is 1. The molecule has 1 atom stereocenters. The average Bonchev–Trinajstić information content (AvgIpc) is 3.30. The van der Waals surface area contributed by atoms with Crippen LogP contribution in [0.5, 0.6) is 28.7 Å². The number of nitrogens with zero attached hydrogens (tertiary/aromatic N) is 1. The summed E-state index contributed by atoms with van der Waals surface area (Å²) in [5.41, 5.74) is 3.75. The lowest BCUT2D eigenvalue weighted by atomic mass is 9.86. The van der Waals surface area contributed by atoms with Gasteiger partial charge in [0.2, 0.25) is 19.3 Å². The van der Waals surface area contributed by atoms with Crippen molar-refractivity contribution in [3.63, 3.8) is 0 Å². The van der Waals surface area contributed by atoms with Gasteiger partial charge in [-0.15, -0.1) is 0 Å². The molecule has 6 nitrogen and oxygen atoms in total. The van der Waals surface area contributed by atoms with Gasteiger partial charge in [0.1, 0.15) is 6.04 Å². The SMILES string of the molecule is COc1c2c(cc3c1[C@@H](Cc1ccc4c(c1)OCO4)[N+](C)(C)CC3)OCO2.